The Balaban J connectivity index is 1.60. The fraction of sp³-hybridized carbons (Fsp3) is 0.385. The number of aromatic nitrogens is 3. The molecule has 1 saturated heterocycles. The molecule has 5 nitrogen and oxygen atoms in total. The highest BCUT2D eigenvalue weighted by Crippen LogP contribution is 2.19. The van der Waals surface area contributed by atoms with Crippen molar-refractivity contribution in [2.24, 2.45) is 0 Å². The summed E-state index contributed by atoms with van der Waals surface area (Å²) in [4.78, 5) is 14.0. The third-order valence-corrected chi connectivity index (χ3v) is 3.19. The molecule has 5 heteroatoms. The molecule has 2 aromatic heterocycles. The first-order valence-electron chi connectivity index (χ1n) is 6.35. The molecule has 1 aliphatic rings. The number of pyridine rings is 1. The van der Waals surface area contributed by atoms with E-state index >= 15 is 0 Å². The summed E-state index contributed by atoms with van der Waals surface area (Å²) in [5, 5.41) is 3.29. The molecule has 94 valence electrons. The van der Waals surface area contributed by atoms with E-state index in [1.165, 1.54) is 12.8 Å². The molecule has 3 heterocycles. The zero-order valence-electron chi connectivity index (χ0n) is 10.3. The Kier molecular flexibility index (Phi) is 3.12. The predicted octanol–water partition coefficient (Wildman–Crippen LogP) is 2.02. The molecule has 2 N–H and O–H groups in total. The number of hydrogen-bond acceptors (Lipinski definition) is 4. The Morgan fingerprint density at radius 1 is 1.22 bits per heavy atom. The molecule has 0 aliphatic carbocycles. The topological polar surface area (TPSA) is 56.8 Å². The van der Waals surface area contributed by atoms with Crippen LogP contribution in [-0.2, 0) is 6.54 Å². The number of H-pyrrole nitrogens is 1. The number of nitrogens with zero attached hydrogens (tertiary/aromatic N) is 3. The maximum atomic E-state index is 4.49. The average molecular weight is 243 g/mol. The Labute approximate surface area is 106 Å². The highest BCUT2D eigenvalue weighted by molar-refractivity contribution is 5.48. The van der Waals surface area contributed by atoms with Gasteiger partial charge in [0.2, 0.25) is 0 Å². The molecule has 2 aromatic rings. The summed E-state index contributed by atoms with van der Waals surface area (Å²) in [6, 6.07) is 4.15. The molecule has 0 aromatic carbocycles. The summed E-state index contributed by atoms with van der Waals surface area (Å²) in [6.45, 7) is 2.95. The molecule has 0 bridgehead atoms. The van der Waals surface area contributed by atoms with Crippen LogP contribution in [0.5, 0.6) is 0 Å². The van der Waals surface area contributed by atoms with Gasteiger partial charge in [-0.15, -0.1) is 0 Å². The number of anilines is 2. The lowest BCUT2D eigenvalue weighted by molar-refractivity contribution is 0.935. The van der Waals surface area contributed by atoms with Crippen LogP contribution in [0.15, 0.2) is 30.7 Å². The third-order valence-electron chi connectivity index (χ3n) is 3.19. The molecule has 0 spiro atoms. The van der Waals surface area contributed by atoms with Gasteiger partial charge in [-0.2, -0.15) is 0 Å². The van der Waals surface area contributed by atoms with Crippen LogP contribution in [0.2, 0.25) is 0 Å². The van der Waals surface area contributed by atoms with Crippen LogP contribution in [0.25, 0.3) is 0 Å². The van der Waals surface area contributed by atoms with Gasteiger partial charge in [-0.3, -0.25) is 0 Å². The Morgan fingerprint density at radius 3 is 2.78 bits per heavy atom. The van der Waals surface area contributed by atoms with E-state index in [9.17, 15) is 0 Å². The average Bonchev–Trinajstić information content (AvgIpc) is 3.10. The van der Waals surface area contributed by atoms with Crippen molar-refractivity contribution in [2.45, 2.75) is 19.4 Å². The molecule has 18 heavy (non-hydrogen) atoms. The fourth-order valence-electron chi connectivity index (χ4n) is 2.20. The van der Waals surface area contributed by atoms with Crippen LogP contribution >= 0.6 is 0 Å². The van der Waals surface area contributed by atoms with Gasteiger partial charge in [-0.1, -0.05) is 0 Å². The maximum absolute atomic E-state index is 4.49. The van der Waals surface area contributed by atoms with E-state index in [0.717, 1.165) is 30.4 Å². The van der Waals surface area contributed by atoms with Gasteiger partial charge in [0.15, 0.2) is 0 Å². The molecule has 1 fully saturated rings. The molecule has 0 saturated carbocycles. The monoisotopic (exact) mass is 243 g/mol. The minimum Gasteiger partial charge on any atom is -0.377 e. The van der Waals surface area contributed by atoms with Crippen LogP contribution in [0.1, 0.15) is 18.7 Å². The van der Waals surface area contributed by atoms with E-state index in [1.54, 1.807) is 6.20 Å². The third kappa shape index (κ3) is 2.45. The summed E-state index contributed by atoms with van der Waals surface area (Å²) in [5.41, 5.74) is 1.02. The minimum atomic E-state index is 0.692. The number of nitrogens with one attached hydrogen (secondary N) is 2. The highest BCUT2D eigenvalue weighted by Gasteiger charge is 2.12. The summed E-state index contributed by atoms with van der Waals surface area (Å²) >= 11 is 0. The van der Waals surface area contributed by atoms with Gasteiger partial charge in [-0.05, 0) is 25.0 Å². The zero-order valence-corrected chi connectivity index (χ0v) is 10.3. The zero-order chi connectivity index (χ0) is 12.2. The van der Waals surface area contributed by atoms with E-state index in [0.29, 0.717) is 6.54 Å². The fourth-order valence-corrected chi connectivity index (χ4v) is 2.20. The SMILES string of the molecule is c1c[nH]c(CNc2ccc(N3CCCC3)nc2)n1. The van der Waals surface area contributed by atoms with Crippen LogP contribution in [0.3, 0.4) is 0 Å². The van der Waals surface area contributed by atoms with Crippen molar-refractivity contribution in [3.05, 3.63) is 36.5 Å². The van der Waals surface area contributed by atoms with E-state index in [2.05, 4.69) is 37.3 Å². The number of rotatable bonds is 4. The second kappa shape index (κ2) is 5.08. The second-order valence-corrected chi connectivity index (χ2v) is 4.49. The van der Waals surface area contributed by atoms with Gasteiger partial charge in [0.25, 0.3) is 0 Å². The second-order valence-electron chi connectivity index (χ2n) is 4.49. The lowest BCUT2D eigenvalue weighted by Gasteiger charge is -2.16. The van der Waals surface area contributed by atoms with Gasteiger partial charge >= 0.3 is 0 Å². The summed E-state index contributed by atoms with van der Waals surface area (Å²) in [7, 11) is 0. The molecule has 0 unspecified atom stereocenters. The van der Waals surface area contributed by atoms with Gasteiger partial charge in [-0.25, -0.2) is 9.97 Å². The molecule has 0 atom stereocenters. The van der Waals surface area contributed by atoms with Crippen molar-refractivity contribution in [1.82, 2.24) is 15.0 Å². The quantitative estimate of drug-likeness (QED) is 0.862. The van der Waals surface area contributed by atoms with E-state index < -0.39 is 0 Å². The van der Waals surface area contributed by atoms with Crippen molar-refractivity contribution >= 4 is 11.5 Å². The Morgan fingerprint density at radius 2 is 2.11 bits per heavy atom. The van der Waals surface area contributed by atoms with Crippen LogP contribution in [-0.4, -0.2) is 28.0 Å². The normalized spacial score (nSPS) is 15.0. The van der Waals surface area contributed by atoms with Gasteiger partial charge in [0.05, 0.1) is 18.4 Å². The number of aromatic amines is 1. The largest absolute Gasteiger partial charge is 0.377 e. The highest BCUT2D eigenvalue weighted by atomic mass is 15.2. The predicted molar refractivity (Wildman–Crippen MR) is 71.6 cm³/mol. The first-order chi connectivity index (χ1) is 8.92. The lowest BCUT2D eigenvalue weighted by Crippen LogP contribution is -2.18. The Hall–Kier alpha value is -2.04. The van der Waals surface area contributed by atoms with Gasteiger partial charge in [0.1, 0.15) is 11.6 Å². The molecule has 3 rings (SSSR count). The maximum Gasteiger partial charge on any atom is 0.128 e. The minimum absolute atomic E-state index is 0.692. The van der Waals surface area contributed by atoms with E-state index in [4.69, 9.17) is 0 Å². The summed E-state index contributed by atoms with van der Waals surface area (Å²) in [6.07, 6.45) is 8.02. The molecular formula is C13H17N5. The first kappa shape index (κ1) is 11.1. The van der Waals surface area contributed by atoms with Crippen molar-refractivity contribution in [3.63, 3.8) is 0 Å². The Bertz CT molecular complexity index is 471. The van der Waals surface area contributed by atoms with Crippen molar-refractivity contribution < 1.29 is 0 Å². The first-order valence-corrected chi connectivity index (χ1v) is 6.35. The summed E-state index contributed by atoms with van der Waals surface area (Å²) in [5.74, 6) is 2.01. The molecule has 0 amide bonds. The summed E-state index contributed by atoms with van der Waals surface area (Å²) < 4.78 is 0. The standard InChI is InChI=1S/C13H17N5/c1-2-8-18(7-1)13-4-3-11(9-17-13)16-10-12-14-5-6-15-12/h3-6,9,16H,1-2,7-8,10H2,(H,14,15). The van der Waals surface area contributed by atoms with Crippen LogP contribution in [0.4, 0.5) is 11.5 Å². The van der Waals surface area contributed by atoms with Crippen LogP contribution in [0, 0.1) is 0 Å². The molecule has 0 radical (unpaired) electrons. The van der Waals surface area contributed by atoms with Crippen molar-refractivity contribution in [2.75, 3.05) is 23.3 Å². The molecular weight excluding hydrogens is 226 g/mol. The smallest absolute Gasteiger partial charge is 0.128 e. The number of hydrogen-bond donors (Lipinski definition) is 2. The van der Waals surface area contributed by atoms with E-state index in [-0.39, 0.29) is 0 Å². The molecule has 1 aliphatic heterocycles. The van der Waals surface area contributed by atoms with Crippen molar-refractivity contribution in [3.8, 4) is 0 Å². The van der Waals surface area contributed by atoms with Gasteiger partial charge in [0, 0.05) is 25.5 Å². The van der Waals surface area contributed by atoms with Crippen LogP contribution < -0.4 is 10.2 Å². The van der Waals surface area contributed by atoms with Gasteiger partial charge < -0.3 is 15.2 Å². The lowest BCUT2D eigenvalue weighted by atomic mass is 10.3. The number of imidazole rings is 1. The van der Waals surface area contributed by atoms with Crippen molar-refractivity contribution in [1.29, 1.82) is 0 Å². The van der Waals surface area contributed by atoms with E-state index in [1.807, 2.05) is 12.4 Å².